The molecule has 100 valence electrons. The van der Waals surface area contributed by atoms with Crippen molar-refractivity contribution in [2.45, 2.75) is 4.90 Å². The summed E-state index contributed by atoms with van der Waals surface area (Å²) in [4.78, 5) is 2.98. The van der Waals surface area contributed by atoms with E-state index < -0.39 is 32.2 Å². The van der Waals surface area contributed by atoms with E-state index in [2.05, 4.69) is 9.71 Å². The predicted octanol–water partition coefficient (Wildman–Crippen LogP) is 1.74. The van der Waals surface area contributed by atoms with Gasteiger partial charge in [-0.15, -0.1) is 0 Å². The Bertz CT molecular complexity index is 705. The standard InChI is InChI=1S/C11H9F2N3O2S/c12-8-4-9(13)11(5-10(8)14)19(17,18)16-7-2-1-3-15-6-7/h1-6,16H,14H2. The average molecular weight is 285 g/mol. The summed E-state index contributed by atoms with van der Waals surface area (Å²) in [6.07, 6.45) is 2.70. The van der Waals surface area contributed by atoms with Gasteiger partial charge in [0.05, 0.1) is 17.6 Å². The lowest BCUT2D eigenvalue weighted by Crippen LogP contribution is -2.15. The van der Waals surface area contributed by atoms with Crippen molar-refractivity contribution >= 4 is 21.4 Å². The molecule has 5 nitrogen and oxygen atoms in total. The molecule has 0 saturated heterocycles. The molecule has 1 aromatic carbocycles. The third-order valence-corrected chi connectivity index (χ3v) is 3.65. The molecular weight excluding hydrogens is 276 g/mol. The zero-order valence-electron chi connectivity index (χ0n) is 9.47. The number of anilines is 2. The largest absolute Gasteiger partial charge is 0.396 e. The normalized spacial score (nSPS) is 11.3. The van der Waals surface area contributed by atoms with E-state index in [1.807, 2.05) is 0 Å². The van der Waals surface area contributed by atoms with E-state index >= 15 is 0 Å². The van der Waals surface area contributed by atoms with Crippen molar-refractivity contribution in [1.82, 2.24) is 4.98 Å². The maximum atomic E-state index is 13.5. The molecule has 0 amide bonds. The monoisotopic (exact) mass is 285 g/mol. The molecule has 0 aliphatic carbocycles. The SMILES string of the molecule is Nc1cc(S(=O)(=O)Nc2cccnc2)c(F)cc1F. The maximum Gasteiger partial charge on any atom is 0.264 e. The maximum absolute atomic E-state index is 13.5. The first-order valence-corrected chi connectivity index (χ1v) is 6.56. The van der Waals surface area contributed by atoms with Crippen LogP contribution < -0.4 is 10.5 Å². The lowest BCUT2D eigenvalue weighted by molar-refractivity contribution is 0.553. The van der Waals surface area contributed by atoms with Gasteiger partial charge in [-0.25, -0.2) is 17.2 Å². The fraction of sp³-hybridized carbons (Fsp3) is 0. The number of nitrogens with zero attached hydrogens (tertiary/aromatic N) is 1. The first-order valence-electron chi connectivity index (χ1n) is 5.07. The lowest BCUT2D eigenvalue weighted by Gasteiger charge is -2.09. The van der Waals surface area contributed by atoms with E-state index in [9.17, 15) is 17.2 Å². The molecule has 8 heteroatoms. The Kier molecular flexibility index (Phi) is 3.34. The van der Waals surface area contributed by atoms with Crippen LogP contribution >= 0.6 is 0 Å². The van der Waals surface area contributed by atoms with Crippen molar-refractivity contribution in [3.8, 4) is 0 Å². The summed E-state index contributed by atoms with van der Waals surface area (Å²) in [5, 5.41) is 0. The number of nitrogens with one attached hydrogen (secondary N) is 1. The van der Waals surface area contributed by atoms with Crippen LogP contribution in [0, 0.1) is 11.6 Å². The highest BCUT2D eigenvalue weighted by Gasteiger charge is 2.21. The van der Waals surface area contributed by atoms with Crippen LogP contribution in [-0.4, -0.2) is 13.4 Å². The number of aromatic nitrogens is 1. The Morgan fingerprint density at radius 3 is 2.58 bits per heavy atom. The molecule has 0 aliphatic heterocycles. The third kappa shape index (κ3) is 2.79. The van der Waals surface area contributed by atoms with E-state index in [0.29, 0.717) is 6.07 Å². The molecule has 1 heterocycles. The van der Waals surface area contributed by atoms with Crippen molar-refractivity contribution < 1.29 is 17.2 Å². The van der Waals surface area contributed by atoms with Gasteiger partial charge in [0.25, 0.3) is 10.0 Å². The molecule has 0 radical (unpaired) electrons. The van der Waals surface area contributed by atoms with Crippen LogP contribution in [0.1, 0.15) is 0 Å². The number of nitrogen functional groups attached to an aromatic ring is 1. The Hall–Kier alpha value is -2.22. The van der Waals surface area contributed by atoms with E-state index in [1.165, 1.54) is 24.5 Å². The molecule has 19 heavy (non-hydrogen) atoms. The topological polar surface area (TPSA) is 85.1 Å². The lowest BCUT2D eigenvalue weighted by atomic mass is 10.3. The summed E-state index contributed by atoms with van der Waals surface area (Å²) in [6.45, 7) is 0. The van der Waals surface area contributed by atoms with Crippen LogP contribution in [-0.2, 0) is 10.0 Å². The Balaban J connectivity index is 2.43. The van der Waals surface area contributed by atoms with Crippen molar-refractivity contribution in [1.29, 1.82) is 0 Å². The van der Waals surface area contributed by atoms with Gasteiger partial charge in [-0.3, -0.25) is 9.71 Å². The van der Waals surface area contributed by atoms with Gasteiger partial charge in [-0.1, -0.05) is 0 Å². The molecule has 0 aliphatic rings. The highest BCUT2D eigenvalue weighted by atomic mass is 32.2. The average Bonchev–Trinajstić information content (AvgIpc) is 2.34. The van der Waals surface area contributed by atoms with Crippen molar-refractivity contribution in [2.24, 2.45) is 0 Å². The van der Waals surface area contributed by atoms with Crippen LogP contribution in [0.5, 0.6) is 0 Å². The van der Waals surface area contributed by atoms with Gasteiger partial charge in [0, 0.05) is 12.3 Å². The Labute approximate surface area is 108 Å². The summed E-state index contributed by atoms with van der Waals surface area (Å²) in [7, 11) is -4.19. The molecule has 0 fully saturated rings. The molecule has 1 aromatic heterocycles. The number of benzene rings is 1. The van der Waals surface area contributed by atoms with E-state index in [1.54, 1.807) is 0 Å². The zero-order valence-corrected chi connectivity index (χ0v) is 10.3. The predicted molar refractivity (Wildman–Crippen MR) is 65.8 cm³/mol. The van der Waals surface area contributed by atoms with Gasteiger partial charge in [0.15, 0.2) is 0 Å². The summed E-state index contributed by atoms with van der Waals surface area (Å²) >= 11 is 0. The summed E-state index contributed by atoms with van der Waals surface area (Å²) < 4.78 is 52.5. The number of hydrogen-bond acceptors (Lipinski definition) is 4. The molecule has 0 saturated carbocycles. The number of nitrogens with two attached hydrogens (primary N) is 1. The second-order valence-corrected chi connectivity index (χ2v) is 5.30. The number of hydrogen-bond donors (Lipinski definition) is 2. The third-order valence-electron chi connectivity index (χ3n) is 2.25. The quantitative estimate of drug-likeness (QED) is 0.841. The Morgan fingerprint density at radius 1 is 1.21 bits per heavy atom. The molecule has 0 spiro atoms. The van der Waals surface area contributed by atoms with Gasteiger partial charge in [-0.2, -0.15) is 0 Å². The van der Waals surface area contributed by atoms with Gasteiger partial charge < -0.3 is 5.73 Å². The smallest absolute Gasteiger partial charge is 0.264 e. The second kappa shape index (κ2) is 4.81. The minimum Gasteiger partial charge on any atom is -0.396 e. The van der Waals surface area contributed by atoms with Crippen LogP contribution in [0.15, 0.2) is 41.6 Å². The fourth-order valence-corrected chi connectivity index (χ4v) is 2.52. The second-order valence-electron chi connectivity index (χ2n) is 3.65. The molecule has 2 aromatic rings. The van der Waals surface area contributed by atoms with Gasteiger partial charge in [-0.05, 0) is 18.2 Å². The minimum atomic E-state index is -4.19. The molecule has 0 bridgehead atoms. The van der Waals surface area contributed by atoms with Gasteiger partial charge in [0.2, 0.25) is 0 Å². The van der Waals surface area contributed by atoms with Crippen LogP contribution in [0.4, 0.5) is 20.2 Å². The van der Waals surface area contributed by atoms with Gasteiger partial charge >= 0.3 is 0 Å². The summed E-state index contributed by atoms with van der Waals surface area (Å²) in [5.74, 6) is -2.24. The molecule has 3 N–H and O–H groups in total. The van der Waals surface area contributed by atoms with Gasteiger partial charge in [0.1, 0.15) is 16.5 Å². The van der Waals surface area contributed by atoms with E-state index in [-0.39, 0.29) is 5.69 Å². The number of halogens is 2. The minimum absolute atomic E-state index is 0.157. The zero-order chi connectivity index (χ0) is 14.0. The van der Waals surface area contributed by atoms with Crippen LogP contribution in [0.25, 0.3) is 0 Å². The van der Waals surface area contributed by atoms with E-state index in [4.69, 9.17) is 5.73 Å². The molecule has 0 unspecified atom stereocenters. The van der Waals surface area contributed by atoms with Crippen molar-refractivity contribution in [2.75, 3.05) is 10.5 Å². The molecular formula is C11H9F2N3O2S. The molecule has 0 atom stereocenters. The summed E-state index contributed by atoms with van der Waals surface area (Å²) in [6, 6.07) is 4.10. The Morgan fingerprint density at radius 2 is 1.95 bits per heavy atom. The van der Waals surface area contributed by atoms with Crippen molar-refractivity contribution in [3.63, 3.8) is 0 Å². The van der Waals surface area contributed by atoms with E-state index in [0.717, 1.165) is 6.07 Å². The first-order chi connectivity index (χ1) is 8.90. The summed E-state index contributed by atoms with van der Waals surface area (Å²) in [5.41, 5.74) is 4.94. The highest BCUT2D eigenvalue weighted by Crippen LogP contribution is 2.22. The highest BCUT2D eigenvalue weighted by molar-refractivity contribution is 7.92. The number of pyridine rings is 1. The fourth-order valence-electron chi connectivity index (χ4n) is 1.38. The van der Waals surface area contributed by atoms with Crippen molar-refractivity contribution in [3.05, 3.63) is 48.3 Å². The number of sulfonamides is 1. The first kappa shape index (κ1) is 13.2. The number of rotatable bonds is 3. The van der Waals surface area contributed by atoms with Crippen LogP contribution in [0.2, 0.25) is 0 Å². The molecule has 2 rings (SSSR count). The van der Waals surface area contributed by atoms with Crippen LogP contribution in [0.3, 0.4) is 0 Å².